The van der Waals surface area contributed by atoms with Crippen molar-refractivity contribution in [1.82, 2.24) is 4.98 Å². The number of hydrogen-bond donors (Lipinski definition) is 2. The van der Waals surface area contributed by atoms with Crippen LogP contribution in [0.4, 0.5) is 0 Å². The first kappa shape index (κ1) is 10.7. The van der Waals surface area contributed by atoms with Crippen molar-refractivity contribution < 1.29 is 4.79 Å². The lowest BCUT2D eigenvalue weighted by atomic mass is 10.0. The zero-order chi connectivity index (χ0) is 11.7. The van der Waals surface area contributed by atoms with E-state index in [2.05, 4.69) is 24.9 Å². The molecule has 0 atom stereocenters. The monoisotopic (exact) mass is 216 g/mol. The molecule has 0 bridgehead atoms. The number of rotatable bonds is 3. The highest BCUT2D eigenvalue weighted by molar-refractivity contribution is 6.06. The number of carbonyl (C=O) groups is 1. The molecule has 3 heteroatoms. The van der Waals surface area contributed by atoms with Crippen LogP contribution in [0, 0.1) is 5.92 Å². The maximum absolute atomic E-state index is 11.2. The minimum atomic E-state index is -0.382. The highest BCUT2D eigenvalue weighted by Crippen LogP contribution is 2.21. The van der Waals surface area contributed by atoms with Gasteiger partial charge in [-0.1, -0.05) is 19.9 Å². The summed E-state index contributed by atoms with van der Waals surface area (Å²) in [5.74, 6) is 0.223. The summed E-state index contributed by atoms with van der Waals surface area (Å²) in [5, 5.41) is 0.922. The van der Waals surface area contributed by atoms with E-state index in [1.807, 2.05) is 12.1 Å². The van der Waals surface area contributed by atoms with Crippen LogP contribution in [0.15, 0.2) is 24.4 Å². The van der Waals surface area contributed by atoms with Gasteiger partial charge in [-0.05, 0) is 30.0 Å². The Bertz CT molecular complexity index is 526. The standard InChI is InChI=1S/C13H16N2O/c1-8(2)5-9-3-4-12-10(6-9)11(7-15-12)13(14)16/h3-4,6-8,15H,5H2,1-2H3,(H2,14,16). The number of nitrogens with two attached hydrogens (primary N) is 1. The van der Waals surface area contributed by atoms with E-state index in [4.69, 9.17) is 5.73 Å². The highest BCUT2D eigenvalue weighted by Gasteiger charge is 2.09. The third kappa shape index (κ3) is 1.94. The van der Waals surface area contributed by atoms with Gasteiger partial charge in [-0.2, -0.15) is 0 Å². The van der Waals surface area contributed by atoms with Gasteiger partial charge < -0.3 is 10.7 Å². The molecule has 0 aliphatic heterocycles. The molecule has 3 N–H and O–H groups in total. The number of H-pyrrole nitrogens is 1. The smallest absolute Gasteiger partial charge is 0.250 e. The van der Waals surface area contributed by atoms with Crippen LogP contribution in [0.25, 0.3) is 10.9 Å². The maximum Gasteiger partial charge on any atom is 0.250 e. The predicted molar refractivity (Wildman–Crippen MR) is 65.4 cm³/mol. The van der Waals surface area contributed by atoms with E-state index in [0.717, 1.165) is 17.3 Å². The Balaban J connectivity index is 2.50. The van der Waals surface area contributed by atoms with Crippen molar-refractivity contribution in [3.05, 3.63) is 35.5 Å². The Labute approximate surface area is 94.6 Å². The molecule has 0 aliphatic carbocycles. The van der Waals surface area contributed by atoms with Gasteiger partial charge in [0.2, 0.25) is 0 Å². The molecule has 2 aromatic rings. The Hall–Kier alpha value is -1.77. The van der Waals surface area contributed by atoms with Gasteiger partial charge in [0.25, 0.3) is 5.91 Å². The first-order chi connectivity index (χ1) is 7.58. The molecule has 1 aromatic heterocycles. The molecule has 1 aromatic carbocycles. The summed E-state index contributed by atoms with van der Waals surface area (Å²) in [6, 6.07) is 6.13. The number of amides is 1. The number of aromatic nitrogens is 1. The van der Waals surface area contributed by atoms with E-state index in [1.165, 1.54) is 5.56 Å². The summed E-state index contributed by atoms with van der Waals surface area (Å²) in [6.45, 7) is 4.35. The average Bonchev–Trinajstić information content (AvgIpc) is 2.59. The van der Waals surface area contributed by atoms with Crippen molar-refractivity contribution in [2.24, 2.45) is 11.7 Å². The number of nitrogens with one attached hydrogen (secondary N) is 1. The minimum Gasteiger partial charge on any atom is -0.366 e. The maximum atomic E-state index is 11.2. The summed E-state index contributed by atoms with van der Waals surface area (Å²) < 4.78 is 0. The molecule has 84 valence electrons. The molecular formula is C13H16N2O. The van der Waals surface area contributed by atoms with E-state index >= 15 is 0 Å². The summed E-state index contributed by atoms with van der Waals surface area (Å²) in [6.07, 6.45) is 2.69. The van der Waals surface area contributed by atoms with Crippen molar-refractivity contribution >= 4 is 16.8 Å². The first-order valence-corrected chi connectivity index (χ1v) is 5.47. The van der Waals surface area contributed by atoms with Crippen molar-refractivity contribution in [3.8, 4) is 0 Å². The summed E-state index contributed by atoms with van der Waals surface area (Å²) in [7, 11) is 0. The Morgan fingerprint density at radius 2 is 2.19 bits per heavy atom. The molecule has 0 fully saturated rings. The molecule has 0 saturated heterocycles. The second-order valence-corrected chi connectivity index (χ2v) is 4.54. The third-order valence-electron chi connectivity index (χ3n) is 2.66. The van der Waals surface area contributed by atoms with Crippen molar-refractivity contribution in [2.75, 3.05) is 0 Å². The first-order valence-electron chi connectivity index (χ1n) is 5.47. The molecule has 0 aliphatic rings. The van der Waals surface area contributed by atoms with Crippen LogP contribution < -0.4 is 5.73 Å². The second kappa shape index (κ2) is 4.00. The number of carbonyl (C=O) groups excluding carboxylic acids is 1. The van der Waals surface area contributed by atoms with Crippen LogP contribution in [-0.2, 0) is 6.42 Å². The fraction of sp³-hybridized carbons (Fsp3) is 0.308. The molecule has 2 rings (SSSR count). The van der Waals surface area contributed by atoms with Crippen molar-refractivity contribution in [2.45, 2.75) is 20.3 Å². The van der Waals surface area contributed by atoms with Gasteiger partial charge in [0.1, 0.15) is 0 Å². The van der Waals surface area contributed by atoms with Gasteiger partial charge >= 0.3 is 0 Å². The summed E-state index contributed by atoms with van der Waals surface area (Å²) in [5.41, 5.74) is 8.09. The van der Waals surface area contributed by atoms with Crippen molar-refractivity contribution in [1.29, 1.82) is 0 Å². The Kier molecular flexibility index (Phi) is 2.69. The van der Waals surface area contributed by atoms with Gasteiger partial charge in [-0.15, -0.1) is 0 Å². The molecule has 0 spiro atoms. The number of fused-ring (bicyclic) bond motifs is 1. The molecule has 1 amide bonds. The fourth-order valence-corrected chi connectivity index (χ4v) is 1.97. The molecule has 0 unspecified atom stereocenters. The topological polar surface area (TPSA) is 58.9 Å². The number of hydrogen-bond acceptors (Lipinski definition) is 1. The van der Waals surface area contributed by atoms with Crippen LogP contribution in [0.2, 0.25) is 0 Å². The van der Waals surface area contributed by atoms with Gasteiger partial charge in [-0.25, -0.2) is 0 Å². The van der Waals surface area contributed by atoms with Gasteiger partial charge in [0.05, 0.1) is 5.56 Å². The van der Waals surface area contributed by atoms with Crippen LogP contribution in [0.5, 0.6) is 0 Å². The SMILES string of the molecule is CC(C)Cc1ccc2[nH]cc(C(N)=O)c2c1. The molecule has 0 saturated carbocycles. The number of aromatic amines is 1. The fourth-order valence-electron chi connectivity index (χ4n) is 1.97. The van der Waals surface area contributed by atoms with Crippen LogP contribution in [-0.4, -0.2) is 10.9 Å². The van der Waals surface area contributed by atoms with Crippen LogP contribution in [0.3, 0.4) is 0 Å². The molecule has 1 heterocycles. The summed E-state index contributed by atoms with van der Waals surface area (Å²) in [4.78, 5) is 14.3. The summed E-state index contributed by atoms with van der Waals surface area (Å²) >= 11 is 0. The quantitative estimate of drug-likeness (QED) is 0.813. The largest absolute Gasteiger partial charge is 0.366 e. The third-order valence-corrected chi connectivity index (χ3v) is 2.66. The van der Waals surface area contributed by atoms with E-state index in [1.54, 1.807) is 6.20 Å². The molecule has 3 nitrogen and oxygen atoms in total. The zero-order valence-electron chi connectivity index (χ0n) is 9.58. The lowest BCUT2D eigenvalue weighted by Gasteiger charge is -2.05. The number of benzene rings is 1. The number of primary amides is 1. The van der Waals surface area contributed by atoms with Gasteiger partial charge in [0.15, 0.2) is 0 Å². The lowest BCUT2D eigenvalue weighted by Crippen LogP contribution is -2.09. The lowest BCUT2D eigenvalue weighted by molar-refractivity contribution is 0.100. The average molecular weight is 216 g/mol. The second-order valence-electron chi connectivity index (χ2n) is 4.54. The minimum absolute atomic E-state index is 0.382. The normalized spacial score (nSPS) is 11.2. The van der Waals surface area contributed by atoms with Crippen molar-refractivity contribution in [3.63, 3.8) is 0 Å². The molecular weight excluding hydrogens is 200 g/mol. The zero-order valence-corrected chi connectivity index (χ0v) is 9.58. The molecule has 0 radical (unpaired) electrons. The van der Waals surface area contributed by atoms with Gasteiger partial charge in [0, 0.05) is 17.1 Å². The Morgan fingerprint density at radius 1 is 1.44 bits per heavy atom. The molecule has 16 heavy (non-hydrogen) atoms. The van der Waals surface area contributed by atoms with Crippen LogP contribution in [0.1, 0.15) is 29.8 Å². The van der Waals surface area contributed by atoms with E-state index in [9.17, 15) is 4.79 Å². The van der Waals surface area contributed by atoms with E-state index < -0.39 is 0 Å². The van der Waals surface area contributed by atoms with Gasteiger partial charge in [-0.3, -0.25) is 4.79 Å². The highest BCUT2D eigenvalue weighted by atomic mass is 16.1. The predicted octanol–water partition coefficient (Wildman–Crippen LogP) is 2.47. The van der Waals surface area contributed by atoms with E-state index in [0.29, 0.717) is 11.5 Å². The van der Waals surface area contributed by atoms with Crippen LogP contribution >= 0.6 is 0 Å². The van der Waals surface area contributed by atoms with E-state index in [-0.39, 0.29) is 5.91 Å². The Morgan fingerprint density at radius 3 is 2.81 bits per heavy atom.